The first-order valence-electron chi connectivity index (χ1n) is 10.6. The third kappa shape index (κ3) is 3.49. The fraction of sp³-hybridized carbons (Fsp3) is 0.333. The number of ether oxygens (including phenoxy) is 3. The van der Waals surface area contributed by atoms with Crippen LogP contribution in [0.1, 0.15) is 34.7 Å². The van der Waals surface area contributed by atoms with Gasteiger partial charge in [0, 0.05) is 43.0 Å². The Kier molecular flexibility index (Phi) is 5.48. The van der Waals surface area contributed by atoms with Crippen molar-refractivity contribution in [2.24, 2.45) is 0 Å². The first-order valence-corrected chi connectivity index (χ1v) is 11.0. The van der Waals surface area contributed by atoms with Crippen LogP contribution in [0.4, 0.5) is 0 Å². The van der Waals surface area contributed by atoms with Gasteiger partial charge < -0.3 is 29.0 Å². The van der Waals surface area contributed by atoms with Crippen molar-refractivity contribution in [1.82, 2.24) is 19.8 Å². The molecule has 0 spiro atoms. The average Bonchev–Trinajstić information content (AvgIpc) is 3.48. The van der Waals surface area contributed by atoms with Crippen molar-refractivity contribution in [3.8, 4) is 17.2 Å². The molecule has 2 aliphatic rings. The molecule has 1 fully saturated rings. The van der Waals surface area contributed by atoms with Crippen molar-refractivity contribution < 1.29 is 14.2 Å². The molecular formula is C24H26N4O3S. The topological polar surface area (TPSA) is 60.8 Å². The number of aromatic nitrogens is 2. The number of nitrogens with one attached hydrogen (secondary N) is 1. The second-order valence-corrected chi connectivity index (χ2v) is 8.40. The van der Waals surface area contributed by atoms with Crippen molar-refractivity contribution in [2.75, 3.05) is 27.1 Å². The van der Waals surface area contributed by atoms with Gasteiger partial charge in [0.1, 0.15) is 0 Å². The normalized spacial score (nSPS) is 19.5. The van der Waals surface area contributed by atoms with Crippen LogP contribution < -0.4 is 14.8 Å². The standard InChI is InChI=1S/C24H26N4O3S/c1-15-12-18(16(2)28(15)17-7-8-20-21(13-17)31-14-30-20)23-22(19-6-4-5-9-25-19)26-24(32)27(23)10-11-29-3/h4-9,12-13,22-23H,10-11,14H2,1-3H3,(H,26,32)/t22-,23+/m0/s1. The van der Waals surface area contributed by atoms with E-state index in [2.05, 4.69) is 45.7 Å². The molecule has 8 heteroatoms. The summed E-state index contributed by atoms with van der Waals surface area (Å²) in [6.45, 7) is 5.83. The fourth-order valence-electron chi connectivity index (χ4n) is 4.68. The zero-order valence-corrected chi connectivity index (χ0v) is 19.2. The van der Waals surface area contributed by atoms with Gasteiger partial charge in [-0.25, -0.2) is 0 Å². The van der Waals surface area contributed by atoms with E-state index in [1.54, 1.807) is 7.11 Å². The van der Waals surface area contributed by atoms with E-state index < -0.39 is 0 Å². The number of pyridine rings is 1. The molecule has 2 atom stereocenters. The molecule has 0 radical (unpaired) electrons. The highest BCUT2D eigenvalue weighted by Crippen LogP contribution is 2.42. The Morgan fingerprint density at radius 3 is 2.78 bits per heavy atom. The molecule has 7 nitrogen and oxygen atoms in total. The summed E-state index contributed by atoms with van der Waals surface area (Å²) in [6, 6.07) is 14.2. The van der Waals surface area contributed by atoms with E-state index >= 15 is 0 Å². The van der Waals surface area contributed by atoms with E-state index in [1.165, 1.54) is 5.56 Å². The zero-order valence-electron chi connectivity index (χ0n) is 18.4. The highest BCUT2D eigenvalue weighted by atomic mass is 32.1. The highest BCUT2D eigenvalue weighted by Gasteiger charge is 2.41. The highest BCUT2D eigenvalue weighted by molar-refractivity contribution is 7.80. The van der Waals surface area contributed by atoms with Gasteiger partial charge in [0.05, 0.1) is 24.4 Å². The first kappa shape index (κ1) is 20.8. The van der Waals surface area contributed by atoms with Gasteiger partial charge in [0.2, 0.25) is 6.79 Å². The third-order valence-corrected chi connectivity index (χ3v) is 6.49. The van der Waals surface area contributed by atoms with Crippen molar-refractivity contribution in [1.29, 1.82) is 0 Å². The molecule has 32 heavy (non-hydrogen) atoms. The van der Waals surface area contributed by atoms with Crippen LogP contribution in [0.5, 0.6) is 11.5 Å². The molecule has 0 unspecified atom stereocenters. The molecule has 0 amide bonds. The Hall–Kier alpha value is -3.10. The van der Waals surface area contributed by atoms with Gasteiger partial charge in [-0.3, -0.25) is 4.98 Å². The van der Waals surface area contributed by atoms with Crippen molar-refractivity contribution in [3.05, 3.63) is 71.3 Å². The Balaban J connectivity index is 1.59. The van der Waals surface area contributed by atoms with Crippen LogP contribution >= 0.6 is 12.2 Å². The molecule has 1 saturated heterocycles. The third-order valence-electron chi connectivity index (χ3n) is 6.14. The summed E-state index contributed by atoms with van der Waals surface area (Å²) in [5.74, 6) is 1.55. The number of benzene rings is 1. The van der Waals surface area contributed by atoms with E-state index in [4.69, 9.17) is 26.4 Å². The quantitative estimate of drug-likeness (QED) is 0.573. The van der Waals surface area contributed by atoms with Crippen LogP contribution in [0.3, 0.4) is 0 Å². The zero-order chi connectivity index (χ0) is 22.2. The van der Waals surface area contributed by atoms with Crippen LogP contribution in [0.15, 0.2) is 48.7 Å². The molecule has 3 aromatic rings. The molecule has 0 aliphatic carbocycles. The largest absolute Gasteiger partial charge is 0.454 e. The predicted octanol–water partition coefficient (Wildman–Crippen LogP) is 3.84. The van der Waals surface area contributed by atoms with E-state index in [9.17, 15) is 0 Å². The number of fused-ring (bicyclic) bond motifs is 1. The maximum atomic E-state index is 5.73. The number of methoxy groups -OCH3 is 1. The Labute approximate surface area is 192 Å². The number of hydrogen-bond donors (Lipinski definition) is 1. The number of hydrogen-bond acceptors (Lipinski definition) is 5. The maximum Gasteiger partial charge on any atom is 0.231 e. The summed E-state index contributed by atoms with van der Waals surface area (Å²) >= 11 is 5.73. The lowest BCUT2D eigenvalue weighted by Crippen LogP contribution is -2.32. The number of thiocarbonyl (C=S) groups is 1. The van der Waals surface area contributed by atoms with Gasteiger partial charge in [-0.2, -0.15) is 0 Å². The Morgan fingerprint density at radius 2 is 2.00 bits per heavy atom. The fourth-order valence-corrected chi connectivity index (χ4v) is 5.01. The van der Waals surface area contributed by atoms with Gasteiger partial charge in [-0.1, -0.05) is 6.07 Å². The average molecular weight is 451 g/mol. The molecule has 4 heterocycles. The van der Waals surface area contributed by atoms with Crippen molar-refractivity contribution in [3.63, 3.8) is 0 Å². The van der Waals surface area contributed by atoms with E-state index in [-0.39, 0.29) is 18.9 Å². The molecular weight excluding hydrogens is 424 g/mol. The van der Waals surface area contributed by atoms with Gasteiger partial charge >= 0.3 is 0 Å². The maximum absolute atomic E-state index is 5.73. The molecule has 166 valence electrons. The lowest BCUT2D eigenvalue weighted by Gasteiger charge is -2.28. The van der Waals surface area contributed by atoms with E-state index in [1.807, 2.05) is 36.5 Å². The second-order valence-electron chi connectivity index (χ2n) is 8.01. The molecule has 2 aromatic heterocycles. The molecule has 0 saturated carbocycles. The van der Waals surface area contributed by atoms with Gasteiger partial charge in [0.25, 0.3) is 0 Å². The summed E-state index contributed by atoms with van der Waals surface area (Å²) in [5.41, 5.74) is 5.51. The summed E-state index contributed by atoms with van der Waals surface area (Å²) in [7, 11) is 1.71. The minimum atomic E-state index is -0.0498. The molecule has 1 N–H and O–H groups in total. The van der Waals surface area contributed by atoms with E-state index in [0.29, 0.717) is 13.2 Å². The number of nitrogens with zero attached hydrogens (tertiary/aromatic N) is 3. The minimum absolute atomic E-state index is 0.00140. The molecule has 5 rings (SSSR count). The summed E-state index contributed by atoms with van der Waals surface area (Å²) < 4.78 is 18.7. The molecule has 2 aliphatic heterocycles. The van der Waals surface area contributed by atoms with Crippen LogP contribution in [0, 0.1) is 13.8 Å². The number of aryl methyl sites for hydroxylation is 1. The summed E-state index contributed by atoms with van der Waals surface area (Å²) in [6.07, 6.45) is 1.82. The Morgan fingerprint density at radius 1 is 1.16 bits per heavy atom. The van der Waals surface area contributed by atoms with Crippen LogP contribution in [-0.2, 0) is 4.74 Å². The predicted molar refractivity (Wildman–Crippen MR) is 125 cm³/mol. The van der Waals surface area contributed by atoms with Gasteiger partial charge in [-0.15, -0.1) is 0 Å². The smallest absolute Gasteiger partial charge is 0.231 e. The van der Waals surface area contributed by atoms with E-state index in [0.717, 1.165) is 39.4 Å². The van der Waals surface area contributed by atoms with Gasteiger partial charge in [0.15, 0.2) is 16.6 Å². The van der Waals surface area contributed by atoms with Gasteiger partial charge in [-0.05, 0) is 62.0 Å². The Bertz CT molecular complexity index is 1150. The van der Waals surface area contributed by atoms with Crippen LogP contribution in [0.2, 0.25) is 0 Å². The monoisotopic (exact) mass is 450 g/mol. The molecule has 0 bridgehead atoms. The second kappa shape index (κ2) is 8.44. The number of rotatable bonds is 6. The van der Waals surface area contributed by atoms with Crippen LogP contribution in [-0.4, -0.2) is 46.6 Å². The first-order chi connectivity index (χ1) is 15.6. The van der Waals surface area contributed by atoms with Crippen molar-refractivity contribution >= 4 is 17.3 Å². The lowest BCUT2D eigenvalue weighted by atomic mass is 9.97. The van der Waals surface area contributed by atoms with Crippen molar-refractivity contribution in [2.45, 2.75) is 25.9 Å². The summed E-state index contributed by atoms with van der Waals surface area (Å²) in [5, 5.41) is 4.22. The minimum Gasteiger partial charge on any atom is -0.454 e. The SMILES string of the molecule is COCCN1C(=S)N[C@@H](c2ccccn2)[C@H]1c1cc(C)n(-c2ccc3c(c2)OCO3)c1C. The van der Waals surface area contributed by atoms with Crippen LogP contribution in [0.25, 0.3) is 5.69 Å². The molecule has 1 aromatic carbocycles. The lowest BCUT2D eigenvalue weighted by molar-refractivity contribution is 0.164. The summed E-state index contributed by atoms with van der Waals surface area (Å²) in [4.78, 5) is 6.84.